The predicted octanol–water partition coefficient (Wildman–Crippen LogP) is 4.50. The Balaban J connectivity index is 2.04. The van der Waals surface area contributed by atoms with Crippen LogP contribution >= 0.6 is 11.3 Å². The highest BCUT2D eigenvalue weighted by atomic mass is 32.1. The van der Waals surface area contributed by atoms with Crippen LogP contribution in [0.1, 0.15) is 39.4 Å². The largest absolute Gasteiger partial charge is 0.462 e. The van der Waals surface area contributed by atoms with Crippen molar-refractivity contribution in [1.82, 2.24) is 0 Å². The molecule has 94 valence electrons. The molecule has 0 fully saturated rings. The molecule has 0 atom stereocenters. The fraction of sp³-hybridized carbons (Fsp3) is 0.267. The molecule has 2 rings (SSSR count). The average molecular weight is 260 g/mol. The van der Waals surface area contributed by atoms with Gasteiger partial charge in [0.05, 0.1) is 4.88 Å². The maximum Gasteiger partial charge on any atom is 0.195 e. The molecule has 0 bridgehead atoms. The molecule has 0 saturated heterocycles. The molecule has 0 aliphatic carbocycles. The second kappa shape index (κ2) is 5.83. The highest BCUT2D eigenvalue weighted by molar-refractivity contribution is 7.14. The van der Waals surface area contributed by atoms with Crippen LogP contribution in [0.25, 0.3) is 6.08 Å². The van der Waals surface area contributed by atoms with Gasteiger partial charge < -0.3 is 4.42 Å². The van der Waals surface area contributed by atoms with Gasteiger partial charge in [0.1, 0.15) is 11.5 Å². The van der Waals surface area contributed by atoms with Gasteiger partial charge in [-0.15, -0.1) is 11.3 Å². The van der Waals surface area contributed by atoms with Gasteiger partial charge in [-0.05, 0) is 49.8 Å². The van der Waals surface area contributed by atoms with Gasteiger partial charge >= 0.3 is 0 Å². The van der Waals surface area contributed by atoms with Crippen LogP contribution in [0.15, 0.2) is 34.8 Å². The Morgan fingerprint density at radius 1 is 1.33 bits per heavy atom. The molecule has 0 aliphatic heterocycles. The van der Waals surface area contributed by atoms with Crippen molar-refractivity contribution in [3.8, 4) is 0 Å². The van der Waals surface area contributed by atoms with E-state index < -0.39 is 0 Å². The zero-order valence-corrected chi connectivity index (χ0v) is 11.4. The van der Waals surface area contributed by atoms with E-state index in [0.717, 1.165) is 23.5 Å². The van der Waals surface area contributed by atoms with E-state index in [1.54, 1.807) is 23.5 Å². The number of ketones is 1. The van der Waals surface area contributed by atoms with Gasteiger partial charge in [0.15, 0.2) is 5.78 Å². The number of aryl methyl sites for hydroxylation is 2. The Hall–Kier alpha value is -1.61. The van der Waals surface area contributed by atoms with Crippen molar-refractivity contribution in [2.45, 2.75) is 26.7 Å². The summed E-state index contributed by atoms with van der Waals surface area (Å²) in [5.41, 5.74) is 0. The predicted molar refractivity (Wildman–Crippen MR) is 75.1 cm³/mol. The van der Waals surface area contributed by atoms with Crippen molar-refractivity contribution in [3.63, 3.8) is 0 Å². The summed E-state index contributed by atoms with van der Waals surface area (Å²) in [6.07, 6.45) is 5.43. The third kappa shape index (κ3) is 3.20. The van der Waals surface area contributed by atoms with Crippen molar-refractivity contribution < 1.29 is 9.21 Å². The molecule has 0 saturated carbocycles. The first-order valence-electron chi connectivity index (χ1n) is 6.06. The van der Waals surface area contributed by atoms with E-state index in [-0.39, 0.29) is 5.78 Å². The molecular weight excluding hydrogens is 244 g/mol. The van der Waals surface area contributed by atoms with E-state index in [9.17, 15) is 4.79 Å². The van der Waals surface area contributed by atoms with Crippen LogP contribution in [0.3, 0.4) is 0 Å². The molecule has 2 aromatic rings. The minimum Gasteiger partial charge on any atom is -0.462 e. The lowest BCUT2D eigenvalue weighted by atomic mass is 10.2. The van der Waals surface area contributed by atoms with Gasteiger partial charge in [-0.1, -0.05) is 13.3 Å². The standard InChI is InChI=1S/C15H16O2S/c1-3-4-13-8-10-15(18-13)14(16)9-7-12-6-5-11(2)17-12/h5-10H,3-4H2,1-2H3/b9-7+. The fourth-order valence-electron chi connectivity index (χ4n) is 1.67. The molecule has 2 aromatic heterocycles. The van der Waals surface area contributed by atoms with Crippen LogP contribution in [0.5, 0.6) is 0 Å². The molecule has 0 N–H and O–H groups in total. The van der Waals surface area contributed by atoms with Crippen molar-refractivity contribution in [3.05, 3.63) is 51.6 Å². The van der Waals surface area contributed by atoms with Crippen LogP contribution in [0.4, 0.5) is 0 Å². The summed E-state index contributed by atoms with van der Waals surface area (Å²) in [7, 11) is 0. The quantitative estimate of drug-likeness (QED) is 0.585. The van der Waals surface area contributed by atoms with Crippen LogP contribution in [0, 0.1) is 6.92 Å². The van der Waals surface area contributed by atoms with Crippen molar-refractivity contribution in [2.75, 3.05) is 0 Å². The maximum atomic E-state index is 11.9. The normalized spacial score (nSPS) is 11.2. The Morgan fingerprint density at radius 2 is 2.17 bits per heavy atom. The summed E-state index contributed by atoms with van der Waals surface area (Å²) >= 11 is 1.57. The Kier molecular flexibility index (Phi) is 4.15. The Bertz CT molecular complexity index is 561. The van der Waals surface area contributed by atoms with Gasteiger partial charge in [-0.25, -0.2) is 0 Å². The van der Waals surface area contributed by atoms with Gasteiger partial charge in [-0.2, -0.15) is 0 Å². The third-order valence-electron chi connectivity index (χ3n) is 2.56. The minimum absolute atomic E-state index is 0.0383. The van der Waals surface area contributed by atoms with E-state index in [0.29, 0.717) is 5.76 Å². The zero-order valence-electron chi connectivity index (χ0n) is 10.6. The lowest BCUT2D eigenvalue weighted by molar-refractivity contribution is 0.105. The SMILES string of the molecule is CCCc1ccc(C(=O)/C=C/c2ccc(C)o2)s1. The lowest BCUT2D eigenvalue weighted by Gasteiger charge is -1.90. The number of hydrogen-bond acceptors (Lipinski definition) is 3. The topological polar surface area (TPSA) is 30.2 Å². The maximum absolute atomic E-state index is 11.9. The minimum atomic E-state index is 0.0383. The summed E-state index contributed by atoms with van der Waals surface area (Å²) in [6.45, 7) is 4.02. The third-order valence-corrected chi connectivity index (χ3v) is 3.72. The number of furan rings is 1. The van der Waals surface area contributed by atoms with E-state index in [2.05, 4.69) is 6.92 Å². The smallest absolute Gasteiger partial charge is 0.195 e. The van der Waals surface area contributed by atoms with E-state index >= 15 is 0 Å². The summed E-state index contributed by atoms with van der Waals surface area (Å²) in [4.78, 5) is 14.0. The van der Waals surface area contributed by atoms with Gasteiger partial charge in [0.2, 0.25) is 0 Å². The highest BCUT2D eigenvalue weighted by Gasteiger charge is 2.06. The number of rotatable bonds is 5. The average Bonchev–Trinajstić information content (AvgIpc) is 2.96. The Morgan fingerprint density at radius 3 is 2.83 bits per heavy atom. The van der Waals surface area contributed by atoms with Crippen molar-refractivity contribution >= 4 is 23.2 Å². The number of carbonyl (C=O) groups is 1. The lowest BCUT2D eigenvalue weighted by Crippen LogP contribution is -1.88. The molecule has 18 heavy (non-hydrogen) atoms. The van der Waals surface area contributed by atoms with Gasteiger partial charge in [0.25, 0.3) is 0 Å². The molecule has 0 unspecified atom stereocenters. The van der Waals surface area contributed by atoms with Crippen LogP contribution in [-0.2, 0) is 6.42 Å². The van der Waals surface area contributed by atoms with Gasteiger partial charge in [0, 0.05) is 4.88 Å². The molecular formula is C15H16O2S. The van der Waals surface area contributed by atoms with Crippen molar-refractivity contribution in [2.24, 2.45) is 0 Å². The number of allylic oxidation sites excluding steroid dienone is 1. The molecule has 0 aliphatic rings. The van der Waals surface area contributed by atoms with E-state index in [1.807, 2.05) is 31.2 Å². The first-order valence-corrected chi connectivity index (χ1v) is 6.88. The van der Waals surface area contributed by atoms with Crippen LogP contribution in [0.2, 0.25) is 0 Å². The molecule has 2 heterocycles. The fourth-order valence-corrected chi connectivity index (χ4v) is 2.70. The molecule has 0 radical (unpaired) electrons. The highest BCUT2D eigenvalue weighted by Crippen LogP contribution is 2.19. The number of thiophene rings is 1. The van der Waals surface area contributed by atoms with Crippen LogP contribution in [-0.4, -0.2) is 5.78 Å². The van der Waals surface area contributed by atoms with Gasteiger partial charge in [-0.3, -0.25) is 4.79 Å². The molecule has 0 spiro atoms. The summed E-state index contributed by atoms with van der Waals surface area (Å²) in [5, 5.41) is 0. The number of carbonyl (C=O) groups excluding carboxylic acids is 1. The summed E-state index contributed by atoms with van der Waals surface area (Å²) in [6, 6.07) is 7.67. The first kappa shape index (κ1) is 12.8. The van der Waals surface area contributed by atoms with Crippen LogP contribution < -0.4 is 0 Å². The molecule has 2 nitrogen and oxygen atoms in total. The first-order chi connectivity index (χ1) is 8.69. The second-order valence-electron chi connectivity index (χ2n) is 4.16. The molecule has 0 aromatic carbocycles. The van der Waals surface area contributed by atoms with Crippen molar-refractivity contribution in [1.29, 1.82) is 0 Å². The monoisotopic (exact) mass is 260 g/mol. The van der Waals surface area contributed by atoms with E-state index in [4.69, 9.17) is 4.42 Å². The molecule has 3 heteroatoms. The summed E-state index contributed by atoms with van der Waals surface area (Å²) < 4.78 is 5.38. The van der Waals surface area contributed by atoms with E-state index in [1.165, 1.54) is 4.88 Å². The second-order valence-corrected chi connectivity index (χ2v) is 5.33. The Labute approximate surface area is 111 Å². The number of hydrogen-bond donors (Lipinski definition) is 0. The summed E-state index contributed by atoms with van der Waals surface area (Å²) in [5.74, 6) is 1.60. The zero-order chi connectivity index (χ0) is 13.0. The molecule has 0 amide bonds.